The summed E-state index contributed by atoms with van der Waals surface area (Å²) in [6.07, 6.45) is 5.49. The van der Waals surface area contributed by atoms with Gasteiger partial charge < -0.3 is 16.1 Å². The lowest BCUT2D eigenvalue weighted by Crippen LogP contribution is -2.38. The van der Waals surface area contributed by atoms with Crippen molar-refractivity contribution in [3.8, 4) is 6.07 Å². The molecule has 1 aromatic heterocycles. The van der Waals surface area contributed by atoms with Crippen molar-refractivity contribution in [2.24, 2.45) is 5.41 Å². The Morgan fingerprint density at radius 2 is 2.08 bits per heavy atom. The first-order valence-electron chi connectivity index (χ1n) is 12.5. The smallest absolute Gasteiger partial charge is 0.123 e. The summed E-state index contributed by atoms with van der Waals surface area (Å²) in [4.78, 5) is 4.42. The zero-order valence-corrected chi connectivity index (χ0v) is 22.0. The van der Waals surface area contributed by atoms with Crippen LogP contribution >= 0.6 is 23.2 Å². The first-order valence-corrected chi connectivity index (χ1v) is 12.9. The summed E-state index contributed by atoms with van der Waals surface area (Å²) in [6, 6.07) is 10.4. The fraction of sp³-hybridized carbons (Fsp3) is 0.333. The van der Waals surface area contributed by atoms with E-state index < -0.39 is 6.02 Å². The predicted octanol–water partition coefficient (Wildman–Crippen LogP) is 6.06. The molecule has 192 valence electrons. The van der Waals surface area contributed by atoms with Crippen LogP contribution in [0.4, 0.5) is 15.8 Å². The molecule has 7 nitrogen and oxygen atoms in total. The Hall–Kier alpha value is -3.25. The molecule has 37 heavy (non-hydrogen) atoms. The molecular formula is C27H28Cl2FN7. The number of halogens is 3. The molecule has 2 aromatic carbocycles. The second-order valence-electron chi connectivity index (χ2n) is 10.1. The maximum atomic E-state index is 13.8. The lowest BCUT2D eigenvalue weighted by atomic mass is 9.96. The summed E-state index contributed by atoms with van der Waals surface area (Å²) in [7, 11) is 0. The summed E-state index contributed by atoms with van der Waals surface area (Å²) in [5.41, 5.74) is 9.09. The quantitative estimate of drug-likeness (QED) is 0.245. The average molecular weight is 541 g/mol. The lowest BCUT2D eigenvalue weighted by Gasteiger charge is -2.24. The van der Waals surface area contributed by atoms with E-state index >= 15 is 0 Å². The van der Waals surface area contributed by atoms with Crippen LogP contribution in [-0.4, -0.2) is 28.5 Å². The summed E-state index contributed by atoms with van der Waals surface area (Å²) in [5, 5.41) is 19.4. The summed E-state index contributed by atoms with van der Waals surface area (Å²) >= 11 is 12.8. The van der Waals surface area contributed by atoms with E-state index in [9.17, 15) is 11.0 Å². The number of nitriles is 1. The highest BCUT2D eigenvalue weighted by Crippen LogP contribution is 2.37. The number of aromatic nitrogens is 1. The van der Waals surface area contributed by atoms with Gasteiger partial charge in [-0.1, -0.05) is 37.6 Å². The van der Waals surface area contributed by atoms with E-state index in [1.54, 1.807) is 18.2 Å². The molecule has 4 N–H and O–H groups in total. The van der Waals surface area contributed by atoms with Crippen molar-refractivity contribution in [1.29, 1.82) is 5.26 Å². The summed E-state index contributed by atoms with van der Waals surface area (Å²) in [5.74, 6) is 0.0487. The number of hydrogen-bond donors (Lipinski definition) is 4. The normalized spacial score (nSPS) is 17.5. The lowest BCUT2D eigenvalue weighted by molar-refractivity contribution is 0.260. The first kappa shape index (κ1) is 24.1. The van der Waals surface area contributed by atoms with Gasteiger partial charge in [-0.25, -0.2) is 4.39 Å². The standard InChI is InChI=1S/C27H28Cl2FN7/c1-27(2,14-28)15-33-24-17(11-31)12-32-26-21(24)9-19(10-22(26)29)34-25(16-3-5-18(30)6-4-16)23-13-37(36-35-23)20-7-8-20/h3-6,9-10,12-13,20,25,34-36H,7-8,14-15H2,1-2H3,(H,32,33)/t25-/m1/s1/i25D. The summed E-state index contributed by atoms with van der Waals surface area (Å²) in [6.45, 7) is 4.58. The van der Waals surface area contributed by atoms with Gasteiger partial charge in [0.15, 0.2) is 0 Å². The molecule has 10 heteroatoms. The monoisotopic (exact) mass is 540 g/mol. The van der Waals surface area contributed by atoms with Gasteiger partial charge in [0.25, 0.3) is 0 Å². The van der Waals surface area contributed by atoms with E-state index in [4.69, 9.17) is 23.2 Å². The SMILES string of the molecule is [2H][C@](Nc1cc(Cl)c2ncc(C#N)c(NCC(C)(C)CCl)c2c1)(C1=CN(C2CC2)NN1)c1ccc(F)cc1. The number of fused-ring (bicyclic) bond motifs is 1. The van der Waals surface area contributed by atoms with Gasteiger partial charge >= 0.3 is 0 Å². The van der Waals surface area contributed by atoms with Crippen LogP contribution in [-0.2, 0) is 0 Å². The van der Waals surface area contributed by atoms with Crippen LogP contribution in [0.25, 0.3) is 10.9 Å². The Balaban J connectivity index is 1.59. The van der Waals surface area contributed by atoms with Crippen molar-refractivity contribution in [3.05, 3.63) is 76.5 Å². The van der Waals surface area contributed by atoms with Gasteiger partial charge in [0.2, 0.25) is 0 Å². The maximum Gasteiger partial charge on any atom is 0.123 e. The largest absolute Gasteiger partial charge is 0.383 e. The molecular weight excluding hydrogens is 512 g/mol. The number of benzene rings is 2. The van der Waals surface area contributed by atoms with E-state index in [1.165, 1.54) is 18.3 Å². The second-order valence-corrected chi connectivity index (χ2v) is 10.8. The van der Waals surface area contributed by atoms with Crippen molar-refractivity contribution in [2.45, 2.75) is 38.7 Å². The Morgan fingerprint density at radius 1 is 1.32 bits per heavy atom. The fourth-order valence-corrected chi connectivity index (χ4v) is 4.41. The van der Waals surface area contributed by atoms with Gasteiger partial charge in [0, 0.05) is 41.9 Å². The minimum atomic E-state index is -1.52. The highest BCUT2D eigenvalue weighted by molar-refractivity contribution is 6.35. The number of rotatable bonds is 9. The zero-order valence-electron chi connectivity index (χ0n) is 21.5. The average Bonchev–Trinajstić information content (AvgIpc) is 3.63. The molecule has 2 heterocycles. The molecule has 1 aliphatic heterocycles. The van der Waals surface area contributed by atoms with Crippen LogP contribution in [0, 0.1) is 22.6 Å². The molecule has 0 unspecified atom stereocenters. The Labute approximate surface area is 227 Å². The topological polar surface area (TPSA) is 88.0 Å². The van der Waals surface area contributed by atoms with Gasteiger partial charge in [-0.2, -0.15) is 5.26 Å². The molecule has 0 saturated heterocycles. The van der Waals surface area contributed by atoms with Crippen LogP contribution < -0.4 is 21.6 Å². The van der Waals surface area contributed by atoms with Gasteiger partial charge in [-0.3, -0.25) is 9.99 Å². The molecule has 1 aliphatic carbocycles. The third kappa shape index (κ3) is 5.54. The molecule has 0 bridgehead atoms. The molecule has 0 amide bonds. The van der Waals surface area contributed by atoms with E-state index in [-0.39, 0.29) is 11.2 Å². The molecule has 0 radical (unpaired) electrons. The molecule has 5 rings (SSSR count). The minimum Gasteiger partial charge on any atom is -0.383 e. The zero-order chi connectivity index (χ0) is 27.1. The van der Waals surface area contributed by atoms with Crippen LogP contribution in [0.15, 0.2) is 54.5 Å². The number of pyridine rings is 1. The Kier molecular flexibility index (Phi) is 6.68. The predicted molar refractivity (Wildman–Crippen MR) is 146 cm³/mol. The highest BCUT2D eigenvalue weighted by Gasteiger charge is 2.32. The van der Waals surface area contributed by atoms with E-state index in [0.717, 1.165) is 12.8 Å². The number of nitrogens with one attached hydrogen (secondary N) is 4. The second kappa shape index (κ2) is 10.3. The van der Waals surface area contributed by atoms with Gasteiger partial charge in [-0.05, 0) is 48.1 Å². The third-order valence-electron chi connectivity index (χ3n) is 6.35. The number of anilines is 2. The number of hydrogen-bond acceptors (Lipinski definition) is 7. The number of nitrogens with zero attached hydrogens (tertiary/aromatic N) is 3. The van der Waals surface area contributed by atoms with Crippen LogP contribution in [0.3, 0.4) is 0 Å². The molecule has 3 aromatic rings. The molecule has 1 saturated carbocycles. The van der Waals surface area contributed by atoms with Crippen molar-refractivity contribution in [2.75, 3.05) is 23.1 Å². The molecule has 1 atom stereocenters. The maximum absolute atomic E-state index is 13.8. The van der Waals surface area contributed by atoms with Gasteiger partial charge in [0.05, 0.1) is 34.9 Å². The van der Waals surface area contributed by atoms with E-state index in [0.29, 0.717) is 62.6 Å². The van der Waals surface area contributed by atoms with Crippen molar-refractivity contribution in [1.82, 2.24) is 21.0 Å². The van der Waals surface area contributed by atoms with E-state index in [2.05, 4.69) is 32.6 Å². The van der Waals surface area contributed by atoms with E-state index in [1.807, 2.05) is 31.1 Å². The molecule has 1 fully saturated rings. The molecule has 2 aliphatic rings. The number of hydrazine groups is 2. The van der Waals surface area contributed by atoms with Crippen molar-refractivity contribution < 1.29 is 5.76 Å². The number of alkyl halides is 1. The minimum absolute atomic E-state index is 0.219. The fourth-order valence-electron chi connectivity index (χ4n) is 4.04. The van der Waals surface area contributed by atoms with Crippen LogP contribution in [0.2, 0.25) is 5.02 Å². The Morgan fingerprint density at radius 3 is 2.76 bits per heavy atom. The Bertz CT molecular complexity index is 1440. The van der Waals surface area contributed by atoms with Crippen LogP contribution in [0.1, 0.15) is 45.2 Å². The third-order valence-corrected chi connectivity index (χ3v) is 7.36. The van der Waals surface area contributed by atoms with Gasteiger partial charge in [-0.15, -0.1) is 17.1 Å². The van der Waals surface area contributed by atoms with Crippen LogP contribution in [0.5, 0.6) is 0 Å². The summed E-state index contributed by atoms with van der Waals surface area (Å²) < 4.78 is 23.3. The van der Waals surface area contributed by atoms with Crippen molar-refractivity contribution in [3.63, 3.8) is 0 Å². The molecule has 0 spiro atoms. The van der Waals surface area contributed by atoms with Gasteiger partial charge in [0.1, 0.15) is 11.9 Å². The van der Waals surface area contributed by atoms with Crippen molar-refractivity contribution >= 4 is 45.5 Å². The highest BCUT2D eigenvalue weighted by atomic mass is 35.5. The first-order chi connectivity index (χ1) is 18.1.